The first-order valence-corrected chi connectivity index (χ1v) is 8.32. The van der Waals surface area contributed by atoms with Crippen molar-refractivity contribution in [2.45, 2.75) is 26.8 Å². The van der Waals surface area contributed by atoms with Crippen molar-refractivity contribution in [1.82, 2.24) is 9.78 Å². The van der Waals surface area contributed by atoms with E-state index in [1.54, 1.807) is 48.5 Å². The lowest BCUT2D eigenvalue weighted by Crippen LogP contribution is -2.28. The number of carbonyl (C=O) groups is 2. The van der Waals surface area contributed by atoms with Gasteiger partial charge in [0.05, 0.1) is 11.4 Å². The minimum absolute atomic E-state index is 0.0421. The average molecular weight is 349 g/mol. The number of hydrogen-bond acceptors (Lipinski definition) is 4. The Morgan fingerprint density at radius 1 is 1.00 bits per heavy atom. The third kappa shape index (κ3) is 3.26. The van der Waals surface area contributed by atoms with Crippen molar-refractivity contribution >= 4 is 28.2 Å². The number of aromatic nitrogens is 2. The predicted octanol–water partition coefficient (Wildman–Crippen LogP) is 3.43. The topological polar surface area (TPSA) is 81.1 Å². The minimum Gasteiger partial charge on any atom is -0.321 e. The lowest BCUT2D eigenvalue weighted by Gasteiger charge is -2.13. The molecule has 0 radical (unpaired) electrons. The molecule has 6 nitrogen and oxygen atoms in total. The smallest absolute Gasteiger partial charge is 0.276 e. The standard InChI is InChI=1S/C20H19N3O3/c1-12(2)23-20(26)17-7-5-4-6-16(17)18(22-23)19(25)21-15-10-8-14(9-11-15)13(3)24/h4-12H,1-3H3,(H,21,25). The van der Waals surface area contributed by atoms with Crippen LogP contribution in [-0.4, -0.2) is 21.5 Å². The highest BCUT2D eigenvalue weighted by Gasteiger charge is 2.18. The summed E-state index contributed by atoms with van der Waals surface area (Å²) in [7, 11) is 0. The van der Waals surface area contributed by atoms with Crippen LogP contribution in [0.2, 0.25) is 0 Å². The summed E-state index contributed by atoms with van der Waals surface area (Å²) < 4.78 is 1.32. The number of ketones is 1. The maximum absolute atomic E-state index is 12.8. The fraction of sp³-hybridized carbons (Fsp3) is 0.200. The van der Waals surface area contributed by atoms with E-state index >= 15 is 0 Å². The number of amides is 1. The quantitative estimate of drug-likeness (QED) is 0.732. The molecule has 0 unspecified atom stereocenters. The molecule has 26 heavy (non-hydrogen) atoms. The molecule has 132 valence electrons. The number of nitrogens with zero attached hydrogens (tertiary/aromatic N) is 2. The summed E-state index contributed by atoms with van der Waals surface area (Å²) >= 11 is 0. The second-order valence-corrected chi connectivity index (χ2v) is 6.33. The Kier molecular flexibility index (Phi) is 4.67. The largest absolute Gasteiger partial charge is 0.321 e. The maximum atomic E-state index is 12.8. The van der Waals surface area contributed by atoms with E-state index in [4.69, 9.17) is 0 Å². The highest BCUT2D eigenvalue weighted by molar-refractivity contribution is 6.11. The van der Waals surface area contributed by atoms with Gasteiger partial charge in [-0.15, -0.1) is 0 Å². The molecule has 0 spiro atoms. The Morgan fingerprint density at radius 2 is 1.62 bits per heavy atom. The average Bonchev–Trinajstić information content (AvgIpc) is 2.62. The molecule has 0 aliphatic rings. The molecule has 1 heterocycles. The molecule has 3 aromatic rings. The van der Waals surface area contributed by atoms with Crippen molar-refractivity contribution in [1.29, 1.82) is 0 Å². The zero-order valence-corrected chi connectivity index (χ0v) is 14.8. The van der Waals surface area contributed by atoms with Crippen LogP contribution in [0.4, 0.5) is 5.69 Å². The van der Waals surface area contributed by atoms with Gasteiger partial charge in [-0.25, -0.2) is 4.68 Å². The summed E-state index contributed by atoms with van der Waals surface area (Å²) in [6.45, 7) is 5.16. The van der Waals surface area contributed by atoms with Gasteiger partial charge >= 0.3 is 0 Å². The van der Waals surface area contributed by atoms with Crippen LogP contribution in [0.1, 0.15) is 47.7 Å². The van der Waals surface area contributed by atoms with Gasteiger partial charge in [-0.3, -0.25) is 14.4 Å². The highest BCUT2D eigenvalue weighted by Crippen LogP contribution is 2.17. The summed E-state index contributed by atoms with van der Waals surface area (Å²) in [5.74, 6) is -0.453. The molecule has 2 aromatic carbocycles. The van der Waals surface area contributed by atoms with Crippen LogP contribution in [0.3, 0.4) is 0 Å². The summed E-state index contributed by atoms with van der Waals surface area (Å²) in [5, 5.41) is 8.01. The van der Waals surface area contributed by atoms with E-state index in [9.17, 15) is 14.4 Å². The first-order valence-electron chi connectivity index (χ1n) is 8.32. The van der Waals surface area contributed by atoms with Gasteiger partial charge in [0.15, 0.2) is 11.5 Å². The molecule has 1 amide bonds. The Bertz CT molecular complexity index is 1050. The molecule has 0 saturated heterocycles. The molecule has 0 saturated carbocycles. The monoisotopic (exact) mass is 349 g/mol. The molecule has 3 rings (SSSR count). The van der Waals surface area contributed by atoms with Crippen LogP contribution < -0.4 is 10.9 Å². The number of carbonyl (C=O) groups excluding carboxylic acids is 2. The van der Waals surface area contributed by atoms with Gasteiger partial charge in [0.2, 0.25) is 0 Å². The molecule has 1 aromatic heterocycles. The van der Waals surface area contributed by atoms with Crippen LogP contribution in [0.15, 0.2) is 53.3 Å². The van der Waals surface area contributed by atoms with Crippen molar-refractivity contribution < 1.29 is 9.59 Å². The van der Waals surface area contributed by atoms with E-state index in [1.165, 1.54) is 11.6 Å². The lowest BCUT2D eigenvalue weighted by atomic mass is 10.1. The van der Waals surface area contributed by atoms with Gasteiger partial charge in [0, 0.05) is 16.6 Å². The second kappa shape index (κ2) is 6.92. The maximum Gasteiger partial charge on any atom is 0.276 e. The molecule has 1 N–H and O–H groups in total. The predicted molar refractivity (Wildman–Crippen MR) is 101 cm³/mol. The Morgan fingerprint density at radius 3 is 2.19 bits per heavy atom. The minimum atomic E-state index is -0.411. The van der Waals surface area contributed by atoms with Crippen molar-refractivity contribution in [3.63, 3.8) is 0 Å². The van der Waals surface area contributed by atoms with Crippen LogP contribution in [0, 0.1) is 0 Å². The van der Waals surface area contributed by atoms with Crippen molar-refractivity contribution in [2.75, 3.05) is 5.32 Å². The van der Waals surface area contributed by atoms with Gasteiger partial charge in [0.1, 0.15) is 0 Å². The van der Waals surface area contributed by atoms with Gasteiger partial charge in [-0.1, -0.05) is 18.2 Å². The Labute approximate surface area is 150 Å². The molecule has 0 fully saturated rings. The van der Waals surface area contributed by atoms with Crippen LogP contribution >= 0.6 is 0 Å². The van der Waals surface area contributed by atoms with E-state index in [0.29, 0.717) is 22.0 Å². The number of fused-ring (bicyclic) bond motifs is 1. The fourth-order valence-electron chi connectivity index (χ4n) is 2.70. The van der Waals surface area contributed by atoms with Crippen molar-refractivity contribution in [2.24, 2.45) is 0 Å². The first-order chi connectivity index (χ1) is 12.4. The summed E-state index contributed by atoms with van der Waals surface area (Å²) in [6.07, 6.45) is 0. The molecule has 0 atom stereocenters. The Hall–Kier alpha value is -3.28. The molecular formula is C20H19N3O3. The normalized spacial score (nSPS) is 10.9. The van der Waals surface area contributed by atoms with Gasteiger partial charge < -0.3 is 5.32 Å². The number of Topliss-reactive ketones (excluding diaryl/α,β-unsaturated/α-hetero) is 1. The van der Waals surface area contributed by atoms with E-state index in [1.807, 2.05) is 13.8 Å². The Balaban J connectivity index is 2.04. The molecule has 6 heteroatoms. The second-order valence-electron chi connectivity index (χ2n) is 6.33. The lowest BCUT2D eigenvalue weighted by molar-refractivity contribution is 0.101. The number of nitrogens with one attached hydrogen (secondary N) is 1. The summed E-state index contributed by atoms with van der Waals surface area (Å²) in [4.78, 5) is 36.7. The van der Waals surface area contributed by atoms with E-state index in [2.05, 4.69) is 10.4 Å². The zero-order valence-electron chi connectivity index (χ0n) is 14.8. The van der Waals surface area contributed by atoms with E-state index in [0.717, 1.165) is 0 Å². The number of hydrogen-bond donors (Lipinski definition) is 1. The number of benzene rings is 2. The zero-order chi connectivity index (χ0) is 18.8. The third-order valence-electron chi connectivity index (χ3n) is 4.08. The molecule has 0 bridgehead atoms. The van der Waals surface area contributed by atoms with Gasteiger partial charge in [-0.05, 0) is 51.1 Å². The fourth-order valence-corrected chi connectivity index (χ4v) is 2.70. The van der Waals surface area contributed by atoms with Gasteiger partial charge in [-0.2, -0.15) is 5.10 Å². The molecular weight excluding hydrogens is 330 g/mol. The molecule has 0 aliphatic heterocycles. The van der Waals surface area contributed by atoms with Gasteiger partial charge in [0.25, 0.3) is 11.5 Å². The number of rotatable bonds is 4. The van der Waals surface area contributed by atoms with Crippen molar-refractivity contribution in [3.8, 4) is 0 Å². The summed E-state index contributed by atoms with van der Waals surface area (Å²) in [6, 6.07) is 13.4. The third-order valence-corrected chi connectivity index (χ3v) is 4.08. The SMILES string of the molecule is CC(=O)c1ccc(NC(=O)c2nn(C(C)C)c(=O)c3ccccc23)cc1. The summed E-state index contributed by atoms with van der Waals surface area (Å²) in [5.41, 5.74) is 1.08. The van der Waals surface area contributed by atoms with E-state index < -0.39 is 5.91 Å². The van der Waals surface area contributed by atoms with E-state index in [-0.39, 0.29) is 23.1 Å². The van der Waals surface area contributed by atoms with Crippen LogP contribution in [-0.2, 0) is 0 Å². The van der Waals surface area contributed by atoms with Crippen LogP contribution in [0.5, 0.6) is 0 Å². The highest BCUT2D eigenvalue weighted by atomic mass is 16.2. The van der Waals surface area contributed by atoms with Crippen molar-refractivity contribution in [3.05, 3.63) is 70.1 Å². The number of anilines is 1. The van der Waals surface area contributed by atoms with Crippen LogP contribution in [0.25, 0.3) is 10.8 Å². The molecule has 0 aliphatic carbocycles. The first kappa shape index (κ1) is 17.5.